The molecule has 1 aromatic heterocycles. The molecule has 0 fully saturated rings. The summed E-state index contributed by atoms with van der Waals surface area (Å²) in [5.74, 6) is -0.105. The topological polar surface area (TPSA) is 34.4 Å². The Morgan fingerprint density at radius 3 is 2.75 bits per heavy atom. The third-order valence-electron chi connectivity index (χ3n) is 4.03. The molecule has 124 valence electrons. The Hall–Kier alpha value is -1.72. The quantitative estimate of drug-likeness (QED) is 0.620. The van der Waals surface area contributed by atoms with Gasteiger partial charge in [-0.25, -0.2) is 0 Å². The van der Waals surface area contributed by atoms with Gasteiger partial charge in [-0.1, -0.05) is 41.2 Å². The van der Waals surface area contributed by atoms with Crippen LogP contribution in [0.5, 0.6) is 0 Å². The van der Waals surface area contributed by atoms with Gasteiger partial charge in [-0.2, -0.15) is 4.99 Å². The van der Waals surface area contributed by atoms with Crippen LogP contribution in [0.3, 0.4) is 0 Å². The summed E-state index contributed by atoms with van der Waals surface area (Å²) < 4.78 is 4.25. The Morgan fingerprint density at radius 1 is 1.25 bits per heavy atom. The van der Waals surface area contributed by atoms with Gasteiger partial charge in [0.2, 0.25) is 0 Å². The van der Waals surface area contributed by atoms with E-state index in [9.17, 15) is 4.79 Å². The van der Waals surface area contributed by atoms with Crippen molar-refractivity contribution in [1.29, 1.82) is 0 Å². The van der Waals surface area contributed by atoms with Crippen molar-refractivity contribution < 1.29 is 4.79 Å². The van der Waals surface area contributed by atoms with Crippen LogP contribution >= 0.6 is 27.3 Å². The van der Waals surface area contributed by atoms with Gasteiger partial charge in [0.1, 0.15) is 0 Å². The minimum absolute atomic E-state index is 0.105. The number of carbonyl (C=O) groups excluding carboxylic acids is 1. The Bertz CT molecular complexity index is 985. The molecule has 0 N–H and O–H groups in total. The lowest BCUT2D eigenvalue weighted by molar-refractivity contribution is -0.117. The summed E-state index contributed by atoms with van der Waals surface area (Å²) in [6.45, 7) is 6.94. The first-order valence-electron chi connectivity index (χ1n) is 7.91. The molecule has 0 radical (unpaired) electrons. The highest BCUT2D eigenvalue weighted by Crippen LogP contribution is 2.25. The van der Waals surface area contributed by atoms with Crippen molar-refractivity contribution in [2.75, 3.05) is 0 Å². The van der Waals surface area contributed by atoms with E-state index in [1.165, 1.54) is 5.56 Å². The van der Waals surface area contributed by atoms with Gasteiger partial charge >= 0.3 is 0 Å². The summed E-state index contributed by atoms with van der Waals surface area (Å²) in [4.78, 5) is 17.6. The number of hydrogen-bond donors (Lipinski definition) is 0. The first-order valence-corrected chi connectivity index (χ1v) is 9.52. The molecular formula is C19H19BrN2OS. The number of carbonyl (C=O) groups is 1. The molecule has 0 atom stereocenters. The molecular weight excluding hydrogens is 384 g/mol. The second-order valence-electron chi connectivity index (χ2n) is 5.83. The molecule has 3 rings (SSSR count). The number of aromatic nitrogens is 1. The fourth-order valence-corrected chi connectivity index (χ4v) is 4.67. The van der Waals surface area contributed by atoms with E-state index in [1.54, 1.807) is 11.3 Å². The van der Waals surface area contributed by atoms with Crippen molar-refractivity contribution in [2.24, 2.45) is 4.99 Å². The minimum atomic E-state index is -0.105. The average molecular weight is 403 g/mol. The van der Waals surface area contributed by atoms with Crippen LogP contribution in [0.2, 0.25) is 0 Å². The highest BCUT2D eigenvalue weighted by Gasteiger charge is 2.10. The van der Waals surface area contributed by atoms with E-state index in [4.69, 9.17) is 0 Å². The molecule has 0 aliphatic carbocycles. The molecule has 0 saturated heterocycles. The fraction of sp³-hybridized carbons (Fsp3) is 0.263. The molecule has 2 aromatic carbocycles. The van der Waals surface area contributed by atoms with Crippen molar-refractivity contribution in [1.82, 2.24) is 4.57 Å². The number of hydrogen-bond acceptors (Lipinski definition) is 2. The van der Waals surface area contributed by atoms with Crippen molar-refractivity contribution in [3.8, 4) is 0 Å². The van der Waals surface area contributed by atoms with Gasteiger partial charge in [0.05, 0.1) is 16.6 Å². The maximum absolute atomic E-state index is 12.5. The maximum Gasteiger partial charge on any atom is 0.252 e. The molecule has 0 aliphatic rings. The van der Waals surface area contributed by atoms with Crippen LogP contribution < -0.4 is 4.80 Å². The molecule has 3 aromatic rings. The van der Waals surface area contributed by atoms with Gasteiger partial charge in [-0.3, -0.25) is 4.79 Å². The first-order chi connectivity index (χ1) is 11.5. The normalized spacial score (nSPS) is 12.1. The zero-order chi connectivity index (χ0) is 17.3. The highest BCUT2D eigenvalue weighted by atomic mass is 79.9. The van der Waals surface area contributed by atoms with Crippen molar-refractivity contribution in [3.05, 3.63) is 62.4 Å². The van der Waals surface area contributed by atoms with Crippen LogP contribution in [-0.4, -0.2) is 10.5 Å². The van der Waals surface area contributed by atoms with E-state index in [2.05, 4.69) is 51.5 Å². The predicted molar refractivity (Wildman–Crippen MR) is 103 cm³/mol. The number of amides is 1. The van der Waals surface area contributed by atoms with Crippen LogP contribution in [-0.2, 0) is 17.8 Å². The third-order valence-corrected chi connectivity index (χ3v) is 5.71. The van der Waals surface area contributed by atoms with Gasteiger partial charge < -0.3 is 4.57 Å². The Kier molecular flexibility index (Phi) is 5.01. The lowest BCUT2D eigenvalue weighted by Crippen LogP contribution is -2.17. The average Bonchev–Trinajstić information content (AvgIpc) is 2.88. The Morgan fingerprint density at radius 2 is 2.04 bits per heavy atom. The second-order valence-corrected chi connectivity index (χ2v) is 7.69. The largest absolute Gasteiger partial charge is 0.316 e. The number of halogens is 1. The number of nitrogens with zero attached hydrogens (tertiary/aromatic N) is 2. The standard InChI is InChI=1S/C19H19BrN2OS/c1-4-22-18-15(20)6-5-7-16(18)24-19(22)21-17(23)11-14-9-8-12(2)10-13(14)3/h5-10H,4,11H2,1-3H3. The van der Waals surface area contributed by atoms with Crippen LogP contribution in [0.25, 0.3) is 10.2 Å². The van der Waals surface area contributed by atoms with Gasteiger partial charge in [-0.15, -0.1) is 0 Å². The number of fused-ring (bicyclic) bond motifs is 1. The van der Waals surface area contributed by atoms with Crippen molar-refractivity contribution in [3.63, 3.8) is 0 Å². The Balaban J connectivity index is 2.00. The molecule has 5 heteroatoms. The first kappa shape index (κ1) is 17.1. The summed E-state index contributed by atoms with van der Waals surface area (Å²) in [6.07, 6.45) is 0.339. The van der Waals surface area contributed by atoms with E-state index in [-0.39, 0.29) is 5.91 Å². The zero-order valence-corrected chi connectivity index (χ0v) is 16.4. The van der Waals surface area contributed by atoms with Crippen LogP contribution in [0.1, 0.15) is 23.6 Å². The molecule has 0 spiro atoms. The van der Waals surface area contributed by atoms with E-state index < -0.39 is 0 Å². The molecule has 24 heavy (non-hydrogen) atoms. The van der Waals surface area contributed by atoms with E-state index in [0.29, 0.717) is 6.42 Å². The van der Waals surface area contributed by atoms with E-state index in [0.717, 1.165) is 37.2 Å². The zero-order valence-electron chi connectivity index (χ0n) is 14.0. The fourth-order valence-electron chi connectivity index (χ4n) is 2.82. The van der Waals surface area contributed by atoms with Crippen molar-refractivity contribution in [2.45, 2.75) is 33.7 Å². The Labute approximate surface area is 153 Å². The molecule has 0 unspecified atom stereocenters. The smallest absolute Gasteiger partial charge is 0.252 e. The number of rotatable bonds is 3. The monoisotopic (exact) mass is 402 g/mol. The number of benzene rings is 2. The van der Waals surface area contributed by atoms with Crippen LogP contribution in [0.4, 0.5) is 0 Å². The lowest BCUT2D eigenvalue weighted by Gasteiger charge is -2.04. The summed E-state index contributed by atoms with van der Waals surface area (Å²) in [6, 6.07) is 12.2. The van der Waals surface area contributed by atoms with Gasteiger partial charge in [-0.05, 0) is 60.0 Å². The minimum Gasteiger partial charge on any atom is -0.316 e. The molecule has 0 saturated carbocycles. The molecule has 0 bridgehead atoms. The maximum atomic E-state index is 12.5. The molecule has 1 amide bonds. The van der Waals surface area contributed by atoms with Crippen LogP contribution in [0, 0.1) is 13.8 Å². The third kappa shape index (κ3) is 3.37. The number of thiazole rings is 1. The summed E-state index contributed by atoms with van der Waals surface area (Å²) in [5.41, 5.74) is 4.49. The van der Waals surface area contributed by atoms with E-state index in [1.807, 2.05) is 31.2 Å². The SMILES string of the molecule is CCn1c(=NC(=O)Cc2ccc(C)cc2C)sc2cccc(Br)c21. The van der Waals surface area contributed by atoms with Gasteiger partial charge in [0.25, 0.3) is 5.91 Å². The van der Waals surface area contributed by atoms with E-state index >= 15 is 0 Å². The lowest BCUT2D eigenvalue weighted by atomic mass is 10.0. The summed E-state index contributed by atoms with van der Waals surface area (Å²) in [5, 5.41) is 0. The summed E-state index contributed by atoms with van der Waals surface area (Å²) >= 11 is 5.15. The second kappa shape index (κ2) is 7.03. The number of para-hydroxylation sites is 1. The molecule has 0 aliphatic heterocycles. The van der Waals surface area contributed by atoms with Gasteiger partial charge in [0.15, 0.2) is 4.80 Å². The highest BCUT2D eigenvalue weighted by molar-refractivity contribution is 9.10. The van der Waals surface area contributed by atoms with Crippen molar-refractivity contribution >= 4 is 43.4 Å². The van der Waals surface area contributed by atoms with Gasteiger partial charge in [0, 0.05) is 11.0 Å². The summed E-state index contributed by atoms with van der Waals surface area (Å²) in [7, 11) is 0. The molecule has 1 heterocycles. The predicted octanol–water partition coefficient (Wildman–Crippen LogP) is 4.77. The number of aryl methyl sites for hydroxylation is 3. The van der Waals surface area contributed by atoms with Crippen LogP contribution in [0.15, 0.2) is 45.9 Å². The molecule has 3 nitrogen and oxygen atoms in total.